The van der Waals surface area contributed by atoms with Crippen LogP contribution in [0, 0.1) is 34.0 Å². The van der Waals surface area contributed by atoms with Crippen LogP contribution in [0.2, 0.25) is 0 Å². The standard InChI is InChI=1S/C90H54N8/c91-55-58-28-32-64(33-29-58)76-53-72(40-46-82(76)97-84-42-36-66(60-16-5-1-6-17-60)49-78(84)79-50-67(37-43-85(79)97)61-18-7-2-8-19-61)89-94-88(71-26-15-25-70(48-71)75-27-14-13-24-74(75)57-93)95-90(96-89)73-41-47-83(77(54-73)65-34-30-59(56-92)31-35-65)98-86-44-38-68(62-20-9-3-10-21-62)51-80(86)81-52-69(39-45-87(81)98)63-22-11-4-12-23-63/h1-54H. The van der Waals surface area contributed by atoms with Gasteiger partial charge >= 0.3 is 0 Å². The molecular formula is C90H54N8. The van der Waals surface area contributed by atoms with E-state index in [4.69, 9.17) is 15.0 Å². The zero-order valence-electron chi connectivity index (χ0n) is 52.8. The molecule has 0 fully saturated rings. The lowest BCUT2D eigenvalue weighted by Gasteiger charge is -2.17. The van der Waals surface area contributed by atoms with E-state index < -0.39 is 0 Å². The van der Waals surface area contributed by atoms with Gasteiger partial charge in [-0.15, -0.1) is 0 Å². The Morgan fingerprint density at radius 2 is 0.520 bits per heavy atom. The first-order chi connectivity index (χ1) is 48.4. The molecular weight excluding hydrogens is 1190 g/mol. The minimum Gasteiger partial charge on any atom is -0.309 e. The first-order valence-corrected chi connectivity index (χ1v) is 32.5. The van der Waals surface area contributed by atoms with E-state index in [0.717, 1.165) is 150 Å². The minimum absolute atomic E-state index is 0.436. The highest BCUT2D eigenvalue weighted by Crippen LogP contribution is 2.44. The largest absolute Gasteiger partial charge is 0.309 e. The molecule has 0 spiro atoms. The van der Waals surface area contributed by atoms with Crippen molar-refractivity contribution in [3.63, 3.8) is 0 Å². The molecule has 0 atom stereocenters. The van der Waals surface area contributed by atoms with Gasteiger partial charge in [-0.25, -0.2) is 15.0 Å². The molecule has 0 aliphatic heterocycles. The quantitative estimate of drug-likeness (QED) is 0.120. The lowest BCUT2D eigenvalue weighted by molar-refractivity contribution is 1.07. The van der Waals surface area contributed by atoms with Crippen molar-refractivity contribution in [2.45, 2.75) is 0 Å². The van der Waals surface area contributed by atoms with Crippen LogP contribution in [0.4, 0.5) is 0 Å². The second-order valence-electron chi connectivity index (χ2n) is 24.4. The first kappa shape index (κ1) is 58.0. The number of nitrogens with zero attached hydrogens (tertiary/aromatic N) is 8. The fourth-order valence-electron chi connectivity index (χ4n) is 13.9. The Labute approximate surface area is 566 Å². The number of nitriles is 3. The Kier molecular flexibility index (Phi) is 14.5. The van der Waals surface area contributed by atoms with E-state index in [1.54, 1.807) is 0 Å². The van der Waals surface area contributed by atoms with E-state index in [0.29, 0.717) is 34.2 Å². The van der Waals surface area contributed by atoms with Crippen molar-refractivity contribution < 1.29 is 0 Å². The van der Waals surface area contributed by atoms with E-state index in [-0.39, 0.29) is 0 Å². The third-order valence-corrected chi connectivity index (χ3v) is 18.7. The molecule has 3 heterocycles. The van der Waals surface area contributed by atoms with E-state index in [9.17, 15) is 15.8 Å². The second-order valence-corrected chi connectivity index (χ2v) is 24.4. The molecule has 17 aromatic rings. The second kappa shape index (κ2) is 24.6. The zero-order chi connectivity index (χ0) is 65.6. The highest BCUT2D eigenvalue weighted by atomic mass is 15.0. The van der Waals surface area contributed by atoms with Gasteiger partial charge in [0.25, 0.3) is 0 Å². The van der Waals surface area contributed by atoms with E-state index >= 15 is 0 Å². The van der Waals surface area contributed by atoms with Crippen LogP contribution < -0.4 is 0 Å². The van der Waals surface area contributed by atoms with Crippen LogP contribution in [-0.2, 0) is 0 Å². The summed E-state index contributed by atoms with van der Waals surface area (Å²) < 4.78 is 4.71. The number of hydrogen-bond acceptors (Lipinski definition) is 6. The van der Waals surface area contributed by atoms with Gasteiger partial charge in [0.2, 0.25) is 0 Å². The van der Waals surface area contributed by atoms with Crippen molar-refractivity contribution in [2.75, 3.05) is 0 Å². The van der Waals surface area contributed by atoms with Gasteiger partial charge in [-0.3, -0.25) is 0 Å². The minimum atomic E-state index is 0.436. The van der Waals surface area contributed by atoms with Gasteiger partial charge in [-0.1, -0.05) is 206 Å². The monoisotopic (exact) mass is 1250 g/mol. The highest BCUT2D eigenvalue weighted by molar-refractivity contribution is 6.14. The number of benzene rings is 14. The maximum Gasteiger partial charge on any atom is 0.164 e. The van der Waals surface area contributed by atoms with Gasteiger partial charge in [0.1, 0.15) is 0 Å². The van der Waals surface area contributed by atoms with Crippen LogP contribution in [0.5, 0.6) is 0 Å². The van der Waals surface area contributed by atoms with Crippen molar-refractivity contribution in [3.8, 4) is 142 Å². The van der Waals surface area contributed by atoms with Gasteiger partial charge in [-0.05, 0) is 188 Å². The Bertz CT molecular complexity index is 5590. The number of aromatic nitrogens is 5. The molecule has 0 aliphatic carbocycles. The molecule has 0 unspecified atom stereocenters. The first-order valence-electron chi connectivity index (χ1n) is 32.5. The smallest absolute Gasteiger partial charge is 0.164 e. The Hall–Kier alpha value is -13.8. The molecule has 8 heteroatoms. The van der Waals surface area contributed by atoms with Gasteiger partial charge in [0.15, 0.2) is 17.5 Å². The van der Waals surface area contributed by atoms with Gasteiger partial charge in [0, 0.05) is 49.4 Å². The van der Waals surface area contributed by atoms with Gasteiger partial charge in [0.05, 0.1) is 68.3 Å². The molecule has 3 aromatic heterocycles. The van der Waals surface area contributed by atoms with E-state index in [2.05, 4.69) is 234 Å². The molecule has 0 radical (unpaired) electrons. The molecule has 17 rings (SSSR count). The van der Waals surface area contributed by atoms with Crippen LogP contribution >= 0.6 is 0 Å². The van der Waals surface area contributed by atoms with Crippen LogP contribution in [0.1, 0.15) is 16.7 Å². The van der Waals surface area contributed by atoms with Crippen LogP contribution in [-0.4, -0.2) is 24.1 Å². The van der Waals surface area contributed by atoms with Crippen molar-refractivity contribution in [1.29, 1.82) is 15.8 Å². The average molecular weight is 1250 g/mol. The predicted octanol–water partition coefficient (Wildman–Crippen LogP) is 22.4. The summed E-state index contributed by atoms with van der Waals surface area (Å²) in [5.74, 6) is 1.31. The molecule has 454 valence electrons. The zero-order valence-corrected chi connectivity index (χ0v) is 52.8. The van der Waals surface area contributed by atoms with Gasteiger partial charge in [-0.2, -0.15) is 15.8 Å². The lowest BCUT2D eigenvalue weighted by atomic mass is 9.97. The Balaban J connectivity index is 0.888. The summed E-state index contributed by atoms with van der Waals surface area (Å²) in [5, 5.41) is 35.0. The number of hydrogen-bond donors (Lipinski definition) is 0. The summed E-state index contributed by atoms with van der Waals surface area (Å²) in [6, 6.07) is 120. The molecule has 0 saturated carbocycles. The van der Waals surface area contributed by atoms with Crippen LogP contribution in [0.15, 0.2) is 328 Å². The summed E-state index contributed by atoms with van der Waals surface area (Å²) in [4.78, 5) is 16.3. The van der Waals surface area contributed by atoms with Crippen molar-refractivity contribution >= 4 is 43.6 Å². The molecule has 0 saturated heterocycles. The third-order valence-electron chi connectivity index (χ3n) is 18.7. The predicted molar refractivity (Wildman–Crippen MR) is 397 cm³/mol. The topological polar surface area (TPSA) is 120 Å². The molecule has 0 N–H and O–H groups in total. The summed E-state index contributed by atoms with van der Waals surface area (Å²) in [5.41, 5.74) is 24.1. The Morgan fingerprint density at radius 1 is 0.214 bits per heavy atom. The lowest BCUT2D eigenvalue weighted by Crippen LogP contribution is -2.03. The molecule has 0 bridgehead atoms. The van der Waals surface area contributed by atoms with Crippen LogP contribution in [0.3, 0.4) is 0 Å². The third kappa shape index (κ3) is 10.5. The van der Waals surface area contributed by atoms with Gasteiger partial charge < -0.3 is 9.13 Å². The summed E-state index contributed by atoms with van der Waals surface area (Å²) in [6.07, 6.45) is 0. The molecule has 98 heavy (non-hydrogen) atoms. The van der Waals surface area contributed by atoms with Crippen molar-refractivity contribution in [3.05, 3.63) is 344 Å². The Morgan fingerprint density at radius 3 is 0.878 bits per heavy atom. The maximum absolute atomic E-state index is 10.3. The molecule has 8 nitrogen and oxygen atoms in total. The van der Waals surface area contributed by atoms with E-state index in [1.807, 2.05) is 121 Å². The number of fused-ring (bicyclic) bond motifs is 6. The fourth-order valence-corrected chi connectivity index (χ4v) is 13.9. The van der Waals surface area contributed by atoms with Crippen molar-refractivity contribution in [2.24, 2.45) is 0 Å². The summed E-state index contributed by atoms with van der Waals surface area (Å²) >= 11 is 0. The van der Waals surface area contributed by atoms with Crippen LogP contribution in [0.25, 0.3) is 167 Å². The molecule has 0 aliphatic rings. The number of rotatable bonds is 12. The highest BCUT2D eigenvalue weighted by Gasteiger charge is 2.24. The fraction of sp³-hybridized carbons (Fsp3) is 0. The van der Waals surface area contributed by atoms with Crippen molar-refractivity contribution in [1.82, 2.24) is 24.1 Å². The maximum atomic E-state index is 10.3. The SMILES string of the molecule is N#Cc1ccc(-c2cc(-c3nc(-c4cccc(-c5ccccc5C#N)c4)nc(-c4ccc(-n5c6ccc(-c7ccccc7)cc6c6cc(-c7ccccc7)ccc65)c(-c5ccc(C#N)cc5)c4)n3)ccc2-n2c3ccc(-c4ccccc4)cc3c3cc(-c4ccccc4)ccc32)cc1. The summed E-state index contributed by atoms with van der Waals surface area (Å²) in [7, 11) is 0. The molecule has 0 amide bonds. The molecule has 14 aromatic carbocycles. The normalized spacial score (nSPS) is 11.2. The van der Waals surface area contributed by atoms with E-state index in [1.165, 1.54) is 0 Å². The average Bonchev–Trinajstić information content (AvgIpc) is 1.58. The summed E-state index contributed by atoms with van der Waals surface area (Å²) in [6.45, 7) is 0.